The van der Waals surface area contributed by atoms with Crippen LogP contribution in [0.2, 0.25) is 0 Å². The van der Waals surface area contributed by atoms with Gasteiger partial charge in [0.15, 0.2) is 0 Å². The van der Waals surface area contributed by atoms with Crippen molar-refractivity contribution >= 4 is 22.8 Å². The predicted molar refractivity (Wildman–Crippen MR) is 113 cm³/mol. The van der Waals surface area contributed by atoms with Gasteiger partial charge < -0.3 is 14.6 Å². The Balaban J connectivity index is 1.49. The molecule has 3 aromatic rings. The number of carbonyl (C=O) groups is 2. The fourth-order valence-electron chi connectivity index (χ4n) is 3.82. The lowest BCUT2D eigenvalue weighted by Crippen LogP contribution is -2.35. The molecular weight excluding hydrogens is 364 g/mol. The van der Waals surface area contributed by atoms with Crippen molar-refractivity contribution in [3.63, 3.8) is 0 Å². The van der Waals surface area contributed by atoms with E-state index in [4.69, 9.17) is 4.74 Å². The summed E-state index contributed by atoms with van der Waals surface area (Å²) >= 11 is 0. The van der Waals surface area contributed by atoms with E-state index in [0.29, 0.717) is 25.3 Å². The van der Waals surface area contributed by atoms with Gasteiger partial charge in [0.25, 0.3) is 5.91 Å². The summed E-state index contributed by atoms with van der Waals surface area (Å²) in [7, 11) is 0. The molecule has 29 heavy (non-hydrogen) atoms. The van der Waals surface area contributed by atoms with Crippen LogP contribution in [0.4, 0.5) is 0 Å². The van der Waals surface area contributed by atoms with E-state index in [1.54, 1.807) is 0 Å². The molecule has 2 aromatic carbocycles. The summed E-state index contributed by atoms with van der Waals surface area (Å²) in [5, 5.41) is 1.02. The summed E-state index contributed by atoms with van der Waals surface area (Å²) in [6, 6.07) is 17.9. The van der Waals surface area contributed by atoms with E-state index in [1.807, 2.05) is 60.5 Å². The van der Waals surface area contributed by atoms with Gasteiger partial charge in [-0.2, -0.15) is 0 Å². The highest BCUT2D eigenvalue weighted by molar-refractivity contribution is 5.98. The molecule has 0 unspecified atom stereocenters. The van der Waals surface area contributed by atoms with Gasteiger partial charge in [-0.15, -0.1) is 0 Å². The summed E-state index contributed by atoms with van der Waals surface area (Å²) in [5.74, 6) is -0.0147. The van der Waals surface area contributed by atoms with Crippen LogP contribution in [-0.4, -0.2) is 41.5 Å². The molecule has 1 aliphatic carbocycles. The number of nitrogens with zero attached hydrogens (tertiary/aromatic N) is 1. The summed E-state index contributed by atoms with van der Waals surface area (Å²) in [5.41, 5.74) is 2.89. The molecule has 0 bridgehead atoms. The van der Waals surface area contributed by atoms with Crippen molar-refractivity contribution < 1.29 is 14.3 Å². The highest BCUT2D eigenvalue weighted by atomic mass is 16.5. The molecule has 1 N–H and O–H groups in total. The molecule has 1 fully saturated rings. The van der Waals surface area contributed by atoms with E-state index in [2.05, 4.69) is 17.1 Å². The number of fused-ring (bicyclic) bond motifs is 1. The number of carbonyl (C=O) groups excluding carboxylic acids is 2. The number of hydrogen-bond donors (Lipinski definition) is 1. The molecule has 5 nitrogen and oxygen atoms in total. The number of nitrogens with one attached hydrogen (secondary N) is 1. The van der Waals surface area contributed by atoms with Crippen LogP contribution in [0.25, 0.3) is 10.9 Å². The van der Waals surface area contributed by atoms with Gasteiger partial charge >= 0.3 is 5.97 Å². The molecule has 0 spiro atoms. The third kappa shape index (κ3) is 4.50. The van der Waals surface area contributed by atoms with Crippen molar-refractivity contribution in [2.75, 3.05) is 19.7 Å². The Morgan fingerprint density at radius 3 is 2.76 bits per heavy atom. The summed E-state index contributed by atoms with van der Waals surface area (Å²) in [6.45, 7) is 3.43. The molecule has 1 heterocycles. The Bertz CT molecular complexity index is 996. The van der Waals surface area contributed by atoms with E-state index in [0.717, 1.165) is 23.7 Å². The number of H-pyrrole nitrogens is 1. The minimum atomic E-state index is -0.137. The standard InChI is InChI=1S/C24H26N2O3/c1-2-29-24(28)21-15-20(21)16-26(13-11-17-6-4-3-5-7-17)23(27)19-8-9-22-18(14-19)10-12-25-22/h3-10,12,14,20-21,25H,2,11,13,15-16H2,1H3/t20-,21-/m0/s1. The van der Waals surface area contributed by atoms with Gasteiger partial charge in [0.05, 0.1) is 12.5 Å². The van der Waals surface area contributed by atoms with Crippen molar-refractivity contribution in [2.45, 2.75) is 19.8 Å². The zero-order valence-corrected chi connectivity index (χ0v) is 16.6. The number of esters is 1. The molecule has 0 aliphatic heterocycles. The van der Waals surface area contributed by atoms with Gasteiger partial charge in [0.1, 0.15) is 0 Å². The molecule has 0 radical (unpaired) electrons. The van der Waals surface area contributed by atoms with Gasteiger partial charge in [0, 0.05) is 35.8 Å². The fourth-order valence-corrected chi connectivity index (χ4v) is 3.82. The largest absolute Gasteiger partial charge is 0.466 e. The Labute approximate surface area is 170 Å². The fraction of sp³-hybridized carbons (Fsp3) is 0.333. The molecule has 5 heteroatoms. The average Bonchev–Trinajstić information content (AvgIpc) is 3.36. The topological polar surface area (TPSA) is 62.4 Å². The van der Waals surface area contributed by atoms with Crippen LogP contribution in [-0.2, 0) is 16.0 Å². The second-order valence-corrected chi connectivity index (χ2v) is 7.62. The lowest BCUT2D eigenvalue weighted by Gasteiger charge is -2.23. The Hall–Kier alpha value is -3.08. The molecule has 1 amide bonds. The van der Waals surface area contributed by atoms with Gasteiger partial charge in [0.2, 0.25) is 0 Å². The van der Waals surface area contributed by atoms with Crippen LogP contribution in [0.3, 0.4) is 0 Å². The Kier molecular flexibility index (Phi) is 5.65. The van der Waals surface area contributed by atoms with Crippen molar-refractivity contribution in [3.8, 4) is 0 Å². The zero-order chi connectivity index (χ0) is 20.2. The minimum absolute atomic E-state index is 0.0125. The molecule has 1 saturated carbocycles. The average molecular weight is 390 g/mol. The van der Waals surface area contributed by atoms with Gasteiger partial charge in [-0.25, -0.2) is 0 Å². The zero-order valence-electron chi connectivity index (χ0n) is 16.6. The highest BCUT2D eigenvalue weighted by Gasteiger charge is 2.45. The first-order valence-corrected chi connectivity index (χ1v) is 10.2. The first-order valence-electron chi connectivity index (χ1n) is 10.2. The van der Waals surface area contributed by atoms with Crippen LogP contribution in [0.15, 0.2) is 60.8 Å². The van der Waals surface area contributed by atoms with Crippen LogP contribution in [0.1, 0.15) is 29.3 Å². The maximum atomic E-state index is 13.3. The molecule has 0 saturated heterocycles. The minimum Gasteiger partial charge on any atom is -0.466 e. The SMILES string of the molecule is CCOC(=O)[C@H]1C[C@H]1CN(CCc1ccccc1)C(=O)c1ccc2[nH]ccc2c1. The van der Waals surface area contributed by atoms with Crippen molar-refractivity contribution in [2.24, 2.45) is 11.8 Å². The van der Waals surface area contributed by atoms with Crippen LogP contribution in [0, 0.1) is 11.8 Å². The number of aromatic amines is 1. The summed E-state index contributed by atoms with van der Waals surface area (Å²) in [6.07, 6.45) is 3.46. The molecular formula is C24H26N2O3. The summed E-state index contributed by atoms with van der Waals surface area (Å²) in [4.78, 5) is 30.4. The number of rotatable bonds is 8. The number of hydrogen-bond acceptors (Lipinski definition) is 3. The van der Waals surface area contributed by atoms with E-state index < -0.39 is 0 Å². The number of ether oxygens (including phenoxy) is 1. The van der Waals surface area contributed by atoms with Crippen LogP contribution < -0.4 is 0 Å². The number of amides is 1. The highest BCUT2D eigenvalue weighted by Crippen LogP contribution is 2.40. The van der Waals surface area contributed by atoms with Gasteiger partial charge in [-0.05, 0) is 55.5 Å². The molecule has 1 aromatic heterocycles. The summed E-state index contributed by atoms with van der Waals surface area (Å²) < 4.78 is 5.15. The van der Waals surface area contributed by atoms with Crippen molar-refractivity contribution in [3.05, 3.63) is 71.9 Å². The molecule has 150 valence electrons. The molecule has 1 aliphatic rings. The normalized spacial score (nSPS) is 17.8. The quantitative estimate of drug-likeness (QED) is 0.590. The Morgan fingerprint density at radius 1 is 1.14 bits per heavy atom. The third-order valence-corrected chi connectivity index (χ3v) is 5.57. The van der Waals surface area contributed by atoms with E-state index in [-0.39, 0.29) is 23.7 Å². The van der Waals surface area contributed by atoms with E-state index >= 15 is 0 Å². The van der Waals surface area contributed by atoms with Gasteiger partial charge in [-0.1, -0.05) is 30.3 Å². The predicted octanol–water partition coefficient (Wildman–Crippen LogP) is 4.05. The van der Waals surface area contributed by atoms with Crippen molar-refractivity contribution in [1.29, 1.82) is 0 Å². The maximum absolute atomic E-state index is 13.3. The number of benzene rings is 2. The number of aromatic nitrogens is 1. The second kappa shape index (κ2) is 8.52. The monoisotopic (exact) mass is 390 g/mol. The first-order chi connectivity index (χ1) is 14.2. The molecule has 4 rings (SSSR count). The second-order valence-electron chi connectivity index (χ2n) is 7.62. The maximum Gasteiger partial charge on any atom is 0.309 e. The van der Waals surface area contributed by atoms with E-state index in [1.165, 1.54) is 5.56 Å². The van der Waals surface area contributed by atoms with E-state index in [9.17, 15) is 9.59 Å². The van der Waals surface area contributed by atoms with Crippen molar-refractivity contribution in [1.82, 2.24) is 9.88 Å². The molecule has 2 atom stereocenters. The third-order valence-electron chi connectivity index (χ3n) is 5.57. The van der Waals surface area contributed by atoms with Crippen LogP contribution in [0.5, 0.6) is 0 Å². The van der Waals surface area contributed by atoms with Crippen LogP contribution >= 0.6 is 0 Å². The lowest BCUT2D eigenvalue weighted by molar-refractivity contribution is -0.145. The smallest absolute Gasteiger partial charge is 0.309 e. The Morgan fingerprint density at radius 2 is 1.97 bits per heavy atom. The first kappa shape index (κ1) is 19.2. The van der Waals surface area contributed by atoms with Gasteiger partial charge in [-0.3, -0.25) is 9.59 Å². The lowest BCUT2D eigenvalue weighted by atomic mass is 10.1.